The number of allylic oxidation sites excluding steroid dienone is 1. The summed E-state index contributed by atoms with van der Waals surface area (Å²) in [6.07, 6.45) is 9.45. The van der Waals surface area contributed by atoms with Crippen LogP contribution in [0.25, 0.3) is 6.08 Å². The highest BCUT2D eigenvalue weighted by Crippen LogP contribution is 2.13. The third-order valence-corrected chi connectivity index (χ3v) is 3.70. The predicted molar refractivity (Wildman–Crippen MR) is 90.2 cm³/mol. The molecule has 0 amide bonds. The largest absolute Gasteiger partial charge is 0.294 e. The van der Waals surface area contributed by atoms with Crippen molar-refractivity contribution >= 4 is 27.8 Å². The molecule has 0 bridgehead atoms. The summed E-state index contributed by atoms with van der Waals surface area (Å²) in [4.78, 5) is 16.2. The van der Waals surface area contributed by atoms with E-state index in [1.807, 2.05) is 48.5 Å². The fourth-order valence-electron chi connectivity index (χ4n) is 2.01. The molecule has 2 rings (SSSR count). The van der Waals surface area contributed by atoms with Crippen LogP contribution in [0.4, 0.5) is 0 Å². The number of benzene rings is 1. The Kier molecular flexibility index (Phi) is 6.35. The number of carbonyl (C=O) groups is 1. The molecule has 2 nitrogen and oxygen atoms in total. The smallest absolute Gasteiger partial charge is 0.162 e. The number of hydrogen-bond donors (Lipinski definition) is 0. The van der Waals surface area contributed by atoms with Gasteiger partial charge in [0.2, 0.25) is 0 Å². The molecule has 1 heterocycles. The zero-order valence-corrected chi connectivity index (χ0v) is 13.4. The summed E-state index contributed by atoms with van der Waals surface area (Å²) in [5.74, 6) is 0.219. The van der Waals surface area contributed by atoms with E-state index < -0.39 is 0 Å². The standard InChI is InChI=1S/C18H18BrNO/c19-16-12-10-15(11-13-16)18(21)9-4-2-1-3-7-17-8-5-6-14-20-17/h3,5-8,10-14H,1-2,4,9H2/b7-3-. The molecular weight excluding hydrogens is 326 g/mol. The Labute approximate surface area is 134 Å². The lowest BCUT2D eigenvalue weighted by Gasteiger charge is -2.00. The Morgan fingerprint density at radius 1 is 1.10 bits per heavy atom. The van der Waals surface area contributed by atoms with Gasteiger partial charge in [-0.1, -0.05) is 40.2 Å². The van der Waals surface area contributed by atoms with Gasteiger partial charge in [-0.3, -0.25) is 9.78 Å². The number of rotatable bonds is 7. The minimum atomic E-state index is 0.219. The second-order valence-corrected chi connectivity index (χ2v) is 5.75. The second kappa shape index (κ2) is 8.53. The molecule has 0 radical (unpaired) electrons. The van der Waals surface area contributed by atoms with Crippen LogP contribution in [0, 0.1) is 0 Å². The topological polar surface area (TPSA) is 30.0 Å². The number of carbonyl (C=O) groups excluding carboxylic acids is 1. The Balaban J connectivity index is 1.67. The van der Waals surface area contributed by atoms with Gasteiger partial charge in [-0.15, -0.1) is 0 Å². The average Bonchev–Trinajstić information content (AvgIpc) is 2.52. The number of ketones is 1. The molecule has 0 aliphatic rings. The number of hydrogen-bond acceptors (Lipinski definition) is 2. The summed E-state index contributed by atoms with van der Waals surface area (Å²) in [7, 11) is 0. The van der Waals surface area contributed by atoms with E-state index in [4.69, 9.17) is 0 Å². The van der Waals surface area contributed by atoms with E-state index in [1.54, 1.807) is 6.20 Å². The summed E-state index contributed by atoms with van der Waals surface area (Å²) in [5.41, 5.74) is 1.77. The van der Waals surface area contributed by atoms with Crippen molar-refractivity contribution < 1.29 is 4.79 Å². The lowest BCUT2D eigenvalue weighted by atomic mass is 10.0. The fourth-order valence-corrected chi connectivity index (χ4v) is 2.27. The first-order chi connectivity index (χ1) is 10.3. The normalized spacial score (nSPS) is 10.9. The summed E-state index contributed by atoms with van der Waals surface area (Å²) < 4.78 is 0.999. The number of aromatic nitrogens is 1. The van der Waals surface area contributed by atoms with E-state index in [9.17, 15) is 4.79 Å². The van der Waals surface area contributed by atoms with Gasteiger partial charge in [-0.25, -0.2) is 0 Å². The predicted octanol–water partition coefficient (Wildman–Crippen LogP) is 5.30. The third kappa shape index (κ3) is 5.64. The van der Waals surface area contributed by atoms with Gasteiger partial charge in [-0.2, -0.15) is 0 Å². The van der Waals surface area contributed by atoms with E-state index in [2.05, 4.69) is 27.0 Å². The van der Waals surface area contributed by atoms with Crippen LogP contribution in [-0.2, 0) is 0 Å². The van der Waals surface area contributed by atoms with Gasteiger partial charge < -0.3 is 0 Å². The zero-order valence-electron chi connectivity index (χ0n) is 11.8. The Morgan fingerprint density at radius 3 is 2.62 bits per heavy atom. The van der Waals surface area contributed by atoms with Crippen molar-refractivity contribution in [1.29, 1.82) is 0 Å². The number of Topliss-reactive ketones (excluding diaryl/α,β-unsaturated/α-hetero) is 1. The molecule has 0 fully saturated rings. The van der Waals surface area contributed by atoms with Crippen molar-refractivity contribution in [3.05, 3.63) is 70.5 Å². The van der Waals surface area contributed by atoms with Crippen LogP contribution in [-0.4, -0.2) is 10.8 Å². The van der Waals surface area contributed by atoms with E-state index in [0.29, 0.717) is 6.42 Å². The van der Waals surface area contributed by atoms with Crippen molar-refractivity contribution in [2.24, 2.45) is 0 Å². The van der Waals surface area contributed by atoms with Gasteiger partial charge >= 0.3 is 0 Å². The Hall–Kier alpha value is -1.74. The van der Waals surface area contributed by atoms with E-state index in [1.165, 1.54) is 0 Å². The first-order valence-electron chi connectivity index (χ1n) is 7.12. The Morgan fingerprint density at radius 2 is 1.90 bits per heavy atom. The third-order valence-electron chi connectivity index (χ3n) is 3.17. The van der Waals surface area contributed by atoms with E-state index in [-0.39, 0.29) is 5.78 Å². The first-order valence-corrected chi connectivity index (χ1v) is 7.91. The molecule has 0 atom stereocenters. The summed E-state index contributed by atoms with van der Waals surface area (Å²) >= 11 is 3.37. The second-order valence-electron chi connectivity index (χ2n) is 4.83. The van der Waals surface area contributed by atoms with Crippen LogP contribution >= 0.6 is 15.9 Å². The quantitative estimate of drug-likeness (QED) is 0.504. The highest BCUT2D eigenvalue weighted by molar-refractivity contribution is 9.10. The fraction of sp³-hybridized carbons (Fsp3) is 0.222. The molecule has 0 aliphatic carbocycles. The molecule has 3 heteroatoms. The first kappa shape index (κ1) is 15.6. The highest BCUT2D eigenvalue weighted by atomic mass is 79.9. The summed E-state index contributed by atoms with van der Waals surface area (Å²) in [6.45, 7) is 0. The molecule has 1 aromatic heterocycles. The lowest BCUT2D eigenvalue weighted by molar-refractivity contribution is 0.0979. The molecular formula is C18H18BrNO. The van der Waals surface area contributed by atoms with E-state index >= 15 is 0 Å². The van der Waals surface area contributed by atoms with Crippen LogP contribution in [0.3, 0.4) is 0 Å². The summed E-state index contributed by atoms with van der Waals surface area (Å²) in [5, 5.41) is 0. The zero-order chi connectivity index (χ0) is 14.9. The van der Waals surface area contributed by atoms with Crippen LogP contribution in [0.15, 0.2) is 59.2 Å². The lowest BCUT2D eigenvalue weighted by Crippen LogP contribution is -1.98. The maximum atomic E-state index is 12.0. The maximum absolute atomic E-state index is 12.0. The molecule has 0 N–H and O–H groups in total. The number of pyridine rings is 1. The minimum Gasteiger partial charge on any atom is -0.294 e. The van der Waals surface area contributed by atoms with Crippen molar-refractivity contribution in [1.82, 2.24) is 4.98 Å². The van der Waals surface area contributed by atoms with Gasteiger partial charge in [0.25, 0.3) is 0 Å². The average molecular weight is 344 g/mol. The highest BCUT2D eigenvalue weighted by Gasteiger charge is 2.04. The van der Waals surface area contributed by atoms with Crippen LogP contribution in [0.1, 0.15) is 41.7 Å². The SMILES string of the molecule is O=C(CCCC/C=C\c1ccccn1)c1ccc(Br)cc1. The molecule has 2 aromatic rings. The van der Waals surface area contributed by atoms with Gasteiger partial charge in [0.1, 0.15) is 0 Å². The van der Waals surface area contributed by atoms with E-state index in [0.717, 1.165) is 35.0 Å². The summed E-state index contributed by atoms with van der Waals surface area (Å²) in [6, 6.07) is 13.4. The van der Waals surface area contributed by atoms with Gasteiger partial charge in [0.05, 0.1) is 5.69 Å². The van der Waals surface area contributed by atoms with Crippen LogP contribution in [0.5, 0.6) is 0 Å². The molecule has 0 spiro atoms. The van der Waals surface area contributed by atoms with Crippen molar-refractivity contribution in [3.8, 4) is 0 Å². The molecule has 21 heavy (non-hydrogen) atoms. The van der Waals surface area contributed by atoms with Gasteiger partial charge in [0.15, 0.2) is 5.78 Å². The minimum absolute atomic E-state index is 0.219. The molecule has 0 aliphatic heterocycles. The monoisotopic (exact) mass is 343 g/mol. The van der Waals surface area contributed by atoms with Crippen molar-refractivity contribution in [2.45, 2.75) is 25.7 Å². The van der Waals surface area contributed by atoms with Crippen molar-refractivity contribution in [2.75, 3.05) is 0 Å². The number of halogens is 1. The molecule has 0 saturated heterocycles. The molecule has 108 valence electrons. The number of unbranched alkanes of at least 4 members (excludes halogenated alkanes) is 2. The maximum Gasteiger partial charge on any atom is 0.162 e. The van der Waals surface area contributed by atoms with Crippen molar-refractivity contribution in [3.63, 3.8) is 0 Å². The Bertz CT molecular complexity index is 590. The van der Waals surface area contributed by atoms with Crippen LogP contribution in [0.2, 0.25) is 0 Å². The molecule has 0 unspecified atom stereocenters. The van der Waals surface area contributed by atoms with Gasteiger partial charge in [0, 0.05) is 22.7 Å². The van der Waals surface area contributed by atoms with Crippen LogP contribution < -0.4 is 0 Å². The number of nitrogens with zero attached hydrogens (tertiary/aromatic N) is 1. The molecule has 1 aromatic carbocycles. The van der Waals surface area contributed by atoms with Gasteiger partial charge in [-0.05, 0) is 49.6 Å². The molecule has 0 saturated carbocycles.